The Balaban J connectivity index is 2.91. The monoisotopic (exact) mass is 300 g/mol. The van der Waals surface area contributed by atoms with Gasteiger partial charge in [0.2, 0.25) is 0 Å². The highest BCUT2D eigenvalue weighted by Crippen LogP contribution is 2.16. The van der Waals surface area contributed by atoms with E-state index >= 15 is 0 Å². The zero-order valence-electron chi connectivity index (χ0n) is 10.5. The highest BCUT2D eigenvalue weighted by atomic mass is 32.2. The summed E-state index contributed by atoms with van der Waals surface area (Å²) in [7, 11) is -4.04. The zero-order valence-corrected chi connectivity index (χ0v) is 11.3. The second-order valence-electron chi connectivity index (χ2n) is 3.56. The van der Waals surface area contributed by atoms with Crippen LogP contribution in [0.5, 0.6) is 0 Å². The minimum absolute atomic E-state index is 0.0805. The first-order valence-electron chi connectivity index (χ1n) is 5.41. The van der Waals surface area contributed by atoms with E-state index in [-0.39, 0.29) is 17.2 Å². The number of non-ortho nitro benzene ring substituents is 1. The Morgan fingerprint density at radius 2 is 1.95 bits per heavy atom. The molecule has 0 saturated heterocycles. The second-order valence-corrected chi connectivity index (χ2v) is 5.24. The molecule has 0 spiro atoms. The molecular formula is C11H12N2O6S. The predicted molar refractivity (Wildman–Crippen MR) is 69.2 cm³/mol. The lowest BCUT2D eigenvalue weighted by Crippen LogP contribution is -2.28. The maximum absolute atomic E-state index is 11.9. The molecule has 1 N–H and O–H groups in total. The fraction of sp³-hybridized carbons (Fsp3) is 0.182. The van der Waals surface area contributed by atoms with Crippen LogP contribution in [0.4, 0.5) is 5.69 Å². The van der Waals surface area contributed by atoms with Crippen LogP contribution in [0.3, 0.4) is 0 Å². The average Bonchev–Trinajstić information content (AvgIpc) is 2.38. The Hall–Kier alpha value is -2.42. The van der Waals surface area contributed by atoms with E-state index in [0.29, 0.717) is 0 Å². The van der Waals surface area contributed by atoms with Crippen LogP contribution in [-0.2, 0) is 19.6 Å². The van der Waals surface area contributed by atoms with Crippen LogP contribution >= 0.6 is 0 Å². The Morgan fingerprint density at radius 3 is 2.40 bits per heavy atom. The van der Waals surface area contributed by atoms with E-state index in [1.807, 2.05) is 4.72 Å². The molecule has 0 amide bonds. The number of rotatable bonds is 6. The van der Waals surface area contributed by atoms with Gasteiger partial charge in [0, 0.05) is 12.1 Å². The highest BCUT2D eigenvalue weighted by molar-refractivity contribution is 7.89. The first kappa shape index (κ1) is 15.6. The summed E-state index contributed by atoms with van der Waals surface area (Å²) in [6, 6.07) is 4.20. The summed E-state index contributed by atoms with van der Waals surface area (Å²) < 4.78 is 30.3. The molecule has 1 aromatic rings. The predicted octanol–water partition coefficient (Wildman–Crippen LogP) is 0.950. The molecule has 108 valence electrons. The number of benzene rings is 1. The third kappa shape index (κ3) is 3.79. The van der Waals surface area contributed by atoms with Crippen molar-refractivity contribution in [1.29, 1.82) is 0 Å². The molecular weight excluding hydrogens is 288 g/mol. The molecule has 0 aromatic heterocycles. The van der Waals surface area contributed by atoms with Gasteiger partial charge in [-0.15, -0.1) is 0 Å². The van der Waals surface area contributed by atoms with E-state index in [1.54, 1.807) is 6.92 Å². The van der Waals surface area contributed by atoms with Gasteiger partial charge in [-0.05, 0) is 19.1 Å². The number of nitro groups is 1. The molecule has 0 heterocycles. The summed E-state index contributed by atoms with van der Waals surface area (Å²) in [5, 5.41) is 10.5. The van der Waals surface area contributed by atoms with E-state index in [4.69, 9.17) is 0 Å². The van der Waals surface area contributed by atoms with Gasteiger partial charge in [0.25, 0.3) is 15.7 Å². The maximum Gasteiger partial charge on any atom is 0.354 e. The van der Waals surface area contributed by atoms with Crippen molar-refractivity contribution in [3.63, 3.8) is 0 Å². The number of carbonyl (C=O) groups excluding carboxylic acids is 1. The highest BCUT2D eigenvalue weighted by Gasteiger charge is 2.19. The van der Waals surface area contributed by atoms with Crippen molar-refractivity contribution in [2.24, 2.45) is 0 Å². The van der Waals surface area contributed by atoms with E-state index in [0.717, 1.165) is 24.3 Å². The van der Waals surface area contributed by atoms with Gasteiger partial charge in [-0.3, -0.25) is 14.8 Å². The molecule has 0 radical (unpaired) electrons. The van der Waals surface area contributed by atoms with Gasteiger partial charge in [0.1, 0.15) is 5.70 Å². The number of carbonyl (C=O) groups is 1. The molecule has 0 fully saturated rings. The number of sulfonamides is 1. The number of nitrogens with one attached hydrogen (secondary N) is 1. The topological polar surface area (TPSA) is 116 Å². The molecule has 9 heteroatoms. The van der Waals surface area contributed by atoms with Crippen molar-refractivity contribution in [3.05, 3.63) is 46.7 Å². The zero-order chi connectivity index (χ0) is 15.3. The fourth-order valence-electron chi connectivity index (χ4n) is 1.23. The van der Waals surface area contributed by atoms with Crippen molar-refractivity contribution in [2.75, 3.05) is 6.61 Å². The summed E-state index contributed by atoms with van der Waals surface area (Å²) in [5.74, 6) is -0.891. The first-order valence-corrected chi connectivity index (χ1v) is 6.89. The van der Waals surface area contributed by atoms with Gasteiger partial charge in [-0.2, -0.15) is 0 Å². The molecule has 0 aliphatic carbocycles. The number of nitrogens with zero attached hydrogens (tertiary/aromatic N) is 1. The van der Waals surface area contributed by atoms with Gasteiger partial charge in [-0.25, -0.2) is 13.2 Å². The van der Waals surface area contributed by atoms with Crippen molar-refractivity contribution < 1.29 is 22.9 Å². The van der Waals surface area contributed by atoms with Crippen molar-refractivity contribution in [1.82, 2.24) is 4.72 Å². The molecule has 0 bridgehead atoms. The summed E-state index contributed by atoms with van der Waals surface area (Å²) in [5.41, 5.74) is -0.682. The normalized spacial score (nSPS) is 10.7. The lowest BCUT2D eigenvalue weighted by atomic mass is 10.3. The molecule has 1 aromatic carbocycles. The summed E-state index contributed by atoms with van der Waals surface area (Å²) in [6.07, 6.45) is 0. The van der Waals surface area contributed by atoms with Crippen LogP contribution in [0.2, 0.25) is 0 Å². The summed E-state index contributed by atoms with van der Waals surface area (Å²) >= 11 is 0. The quantitative estimate of drug-likeness (QED) is 0.362. The van der Waals surface area contributed by atoms with Crippen LogP contribution in [0, 0.1) is 10.1 Å². The van der Waals surface area contributed by atoms with Gasteiger partial charge in [-0.1, -0.05) is 6.58 Å². The molecule has 20 heavy (non-hydrogen) atoms. The number of nitro benzene ring substituents is 1. The van der Waals surface area contributed by atoms with Gasteiger partial charge < -0.3 is 4.74 Å². The maximum atomic E-state index is 11.9. The molecule has 0 aliphatic rings. The lowest BCUT2D eigenvalue weighted by Gasteiger charge is -2.09. The number of esters is 1. The van der Waals surface area contributed by atoms with E-state index in [2.05, 4.69) is 11.3 Å². The van der Waals surface area contributed by atoms with E-state index in [9.17, 15) is 23.3 Å². The molecule has 0 atom stereocenters. The van der Waals surface area contributed by atoms with Crippen molar-refractivity contribution in [3.8, 4) is 0 Å². The SMILES string of the molecule is C=C(NS(=O)(=O)c1ccc([N+](=O)[O-])cc1)C(=O)OCC. The fourth-order valence-corrected chi connectivity index (χ4v) is 2.25. The Labute approximate surface area is 115 Å². The van der Waals surface area contributed by atoms with Crippen LogP contribution in [0.25, 0.3) is 0 Å². The molecule has 8 nitrogen and oxygen atoms in total. The molecule has 0 unspecified atom stereocenters. The summed E-state index contributed by atoms with van der Waals surface area (Å²) in [6.45, 7) is 4.90. The molecule has 0 saturated carbocycles. The third-order valence-electron chi connectivity index (χ3n) is 2.14. The van der Waals surface area contributed by atoms with E-state index < -0.39 is 26.6 Å². The van der Waals surface area contributed by atoms with Crippen LogP contribution in [-0.4, -0.2) is 25.9 Å². The van der Waals surface area contributed by atoms with E-state index in [1.165, 1.54) is 0 Å². The number of hydrogen-bond acceptors (Lipinski definition) is 6. The van der Waals surface area contributed by atoms with Crippen molar-refractivity contribution in [2.45, 2.75) is 11.8 Å². The van der Waals surface area contributed by atoms with Crippen LogP contribution in [0.1, 0.15) is 6.92 Å². The van der Waals surface area contributed by atoms with Gasteiger partial charge >= 0.3 is 5.97 Å². The third-order valence-corrected chi connectivity index (χ3v) is 3.55. The lowest BCUT2D eigenvalue weighted by molar-refractivity contribution is -0.384. The number of ether oxygens (including phenoxy) is 1. The smallest absolute Gasteiger partial charge is 0.354 e. The van der Waals surface area contributed by atoms with Gasteiger partial charge in [0.15, 0.2) is 0 Å². The minimum Gasteiger partial charge on any atom is -0.461 e. The van der Waals surface area contributed by atoms with Gasteiger partial charge in [0.05, 0.1) is 16.4 Å². The Bertz CT molecular complexity index is 635. The standard InChI is InChI=1S/C11H12N2O6S/c1-3-19-11(14)8(2)12-20(17,18)10-6-4-9(5-7-10)13(15)16/h4-7,12H,2-3H2,1H3. The Kier molecular flexibility index (Phi) is 4.81. The summed E-state index contributed by atoms with van der Waals surface area (Å²) in [4.78, 5) is 20.8. The van der Waals surface area contributed by atoms with Crippen LogP contribution in [0.15, 0.2) is 41.4 Å². The van der Waals surface area contributed by atoms with Crippen LogP contribution < -0.4 is 4.72 Å². The number of hydrogen-bond donors (Lipinski definition) is 1. The largest absolute Gasteiger partial charge is 0.461 e. The van der Waals surface area contributed by atoms with Crippen molar-refractivity contribution >= 4 is 21.7 Å². The second kappa shape index (κ2) is 6.15. The average molecular weight is 300 g/mol. The molecule has 0 aliphatic heterocycles. The minimum atomic E-state index is -4.04. The first-order chi connectivity index (χ1) is 9.27. The Morgan fingerprint density at radius 1 is 1.40 bits per heavy atom. The molecule has 1 rings (SSSR count).